The van der Waals surface area contributed by atoms with Gasteiger partial charge in [-0.3, -0.25) is 9.36 Å². The van der Waals surface area contributed by atoms with Crippen LogP contribution in [0.1, 0.15) is 36.8 Å². The number of hydrogen-bond donors (Lipinski definition) is 0. The predicted molar refractivity (Wildman–Crippen MR) is 67.4 cm³/mol. The summed E-state index contributed by atoms with van der Waals surface area (Å²) in [5, 5.41) is 0. The van der Waals surface area contributed by atoms with Crippen molar-refractivity contribution in [1.82, 2.24) is 9.55 Å². The van der Waals surface area contributed by atoms with Crippen LogP contribution in [0.4, 0.5) is 0 Å². The minimum Gasteiger partial charge on any atom is -0.297 e. The number of ketones is 1. The van der Waals surface area contributed by atoms with Crippen LogP contribution >= 0.6 is 0 Å². The third-order valence-electron chi connectivity index (χ3n) is 2.68. The van der Waals surface area contributed by atoms with E-state index >= 15 is 0 Å². The average molecular weight is 228 g/mol. The molecule has 1 aromatic heterocycles. The second-order valence-electron chi connectivity index (χ2n) is 3.98. The lowest BCUT2D eigenvalue weighted by Crippen LogP contribution is -2.08. The highest BCUT2D eigenvalue weighted by Crippen LogP contribution is 2.12. The first-order valence-corrected chi connectivity index (χ1v) is 5.95. The van der Waals surface area contributed by atoms with E-state index in [2.05, 4.69) is 11.9 Å². The van der Waals surface area contributed by atoms with Crippen LogP contribution in [0.25, 0.3) is 5.69 Å². The SMILES string of the molecule is CCCCC(=O)c1nccn1-c1ccccc1. The molecule has 0 fully saturated rings. The topological polar surface area (TPSA) is 34.9 Å². The van der Waals surface area contributed by atoms with E-state index in [9.17, 15) is 4.79 Å². The van der Waals surface area contributed by atoms with E-state index in [1.54, 1.807) is 6.20 Å². The molecule has 0 aliphatic rings. The largest absolute Gasteiger partial charge is 0.297 e. The number of carbonyl (C=O) groups is 1. The van der Waals surface area contributed by atoms with Crippen molar-refractivity contribution >= 4 is 5.78 Å². The lowest BCUT2D eigenvalue weighted by Gasteiger charge is -2.06. The van der Waals surface area contributed by atoms with Crippen molar-refractivity contribution in [3.63, 3.8) is 0 Å². The number of Topliss-reactive ketones (excluding diaryl/α,β-unsaturated/α-hetero) is 1. The molecule has 0 saturated heterocycles. The highest BCUT2D eigenvalue weighted by Gasteiger charge is 2.12. The maximum atomic E-state index is 12.0. The van der Waals surface area contributed by atoms with Gasteiger partial charge in [0.2, 0.25) is 0 Å². The van der Waals surface area contributed by atoms with Gasteiger partial charge in [0.1, 0.15) is 0 Å². The van der Waals surface area contributed by atoms with E-state index in [1.807, 2.05) is 41.1 Å². The first-order chi connectivity index (χ1) is 8.33. The zero-order valence-corrected chi connectivity index (χ0v) is 9.97. The van der Waals surface area contributed by atoms with Gasteiger partial charge in [0.25, 0.3) is 0 Å². The van der Waals surface area contributed by atoms with E-state index in [0.717, 1.165) is 18.5 Å². The van der Waals surface area contributed by atoms with Crippen molar-refractivity contribution < 1.29 is 4.79 Å². The Morgan fingerprint density at radius 3 is 2.76 bits per heavy atom. The summed E-state index contributed by atoms with van der Waals surface area (Å²) in [6.07, 6.45) is 6.01. The van der Waals surface area contributed by atoms with Crippen LogP contribution in [0.2, 0.25) is 0 Å². The molecule has 2 aromatic rings. The number of hydrogen-bond acceptors (Lipinski definition) is 2. The Balaban J connectivity index is 2.26. The van der Waals surface area contributed by atoms with Crippen molar-refractivity contribution in [3.8, 4) is 5.69 Å². The minimum atomic E-state index is 0.112. The zero-order valence-electron chi connectivity index (χ0n) is 9.97. The molecule has 0 aliphatic heterocycles. The number of benzene rings is 1. The van der Waals surface area contributed by atoms with Crippen LogP contribution in [-0.2, 0) is 0 Å². The van der Waals surface area contributed by atoms with Gasteiger partial charge in [-0.2, -0.15) is 0 Å². The summed E-state index contributed by atoms with van der Waals surface area (Å²) in [6, 6.07) is 9.81. The second kappa shape index (κ2) is 5.43. The quantitative estimate of drug-likeness (QED) is 0.736. The molecule has 3 nitrogen and oxygen atoms in total. The highest BCUT2D eigenvalue weighted by atomic mass is 16.1. The first kappa shape index (κ1) is 11.6. The third-order valence-corrected chi connectivity index (χ3v) is 2.68. The summed E-state index contributed by atoms with van der Waals surface area (Å²) in [5.74, 6) is 0.644. The Bertz CT molecular complexity index is 488. The zero-order chi connectivity index (χ0) is 12.1. The second-order valence-corrected chi connectivity index (χ2v) is 3.98. The molecule has 0 spiro atoms. The first-order valence-electron chi connectivity index (χ1n) is 5.95. The van der Waals surface area contributed by atoms with Gasteiger partial charge in [-0.25, -0.2) is 4.98 Å². The fraction of sp³-hybridized carbons (Fsp3) is 0.286. The number of rotatable bonds is 5. The number of nitrogens with zero attached hydrogens (tertiary/aromatic N) is 2. The van der Waals surface area contributed by atoms with Crippen molar-refractivity contribution in [2.75, 3.05) is 0 Å². The van der Waals surface area contributed by atoms with E-state index < -0.39 is 0 Å². The van der Waals surface area contributed by atoms with Crippen LogP contribution in [0.15, 0.2) is 42.7 Å². The van der Waals surface area contributed by atoms with Gasteiger partial charge >= 0.3 is 0 Å². The molecule has 0 bridgehead atoms. The molecule has 1 heterocycles. The van der Waals surface area contributed by atoms with E-state index in [4.69, 9.17) is 0 Å². The fourth-order valence-electron chi connectivity index (χ4n) is 1.76. The Morgan fingerprint density at radius 1 is 1.29 bits per heavy atom. The summed E-state index contributed by atoms with van der Waals surface area (Å²) in [5.41, 5.74) is 0.977. The molecule has 3 heteroatoms. The number of aromatic nitrogens is 2. The summed E-state index contributed by atoms with van der Waals surface area (Å²) in [6.45, 7) is 2.08. The number of imidazole rings is 1. The Labute approximate surface area is 101 Å². The summed E-state index contributed by atoms with van der Waals surface area (Å²) < 4.78 is 1.85. The Kier molecular flexibility index (Phi) is 3.70. The van der Waals surface area contributed by atoms with Crippen LogP contribution in [-0.4, -0.2) is 15.3 Å². The number of carbonyl (C=O) groups excluding carboxylic acids is 1. The highest BCUT2D eigenvalue weighted by molar-refractivity contribution is 5.93. The molecule has 0 amide bonds. The van der Waals surface area contributed by atoms with Crippen LogP contribution in [0, 0.1) is 0 Å². The van der Waals surface area contributed by atoms with Crippen LogP contribution in [0.3, 0.4) is 0 Å². The Morgan fingerprint density at radius 2 is 2.06 bits per heavy atom. The van der Waals surface area contributed by atoms with Gasteiger partial charge in [0.05, 0.1) is 0 Å². The molecular formula is C14H16N2O. The van der Waals surface area contributed by atoms with E-state index in [1.165, 1.54) is 0 Å². The fourth-order valence-corrected chi connectivity index (χ4v) is 1.76. The van der Waals surface area contributed by atoms with Crippen molar-refractivity contribution in [1.29, 1.82) is 0 Å². The molecular weight excluding hydrogens is 212 g/mol. The summed E-state index contributed by atoms with van der Waals surface area (Å²) >= 11 is 0. The molecule has 17 heavy (non-hydrogen) atoms. The number of para-hydroxylation sites is 1. The molecule has 0 atom stereocenters. The van der Waals surface area contributed by atoms with E-state index in [-0.39, 0.29) is 5.78 Å². The predicted octanol–water partition coefficient (Wildman–Crippen LogP) is 3.25. The average Bonchev–Trinajstić information content (AvgIpc) is 2.86. The van der Waals surface area contributed by atoms with Gasteiger partial charge in [-0.05, 0) is 18.6 Å². The molecule has 88 valence electrons. The van der Waals surface area contributed by atoms with Gasteiger partial charge < -0.3 is 0 Å². The lowest BCUT2D eigenvalue weighted by atomic mass is 10.2. The third kappa shape index (κ3) is 2.61. The van der Waals surface area contributed by atoms with Gasteiger partial charge in [0.15, 0.2) is 11.6 Å². The van der Waals surface area contributed by atoms with Crippen LogP contribution < -0.4 is 0 Å². The van der Waals surface area contributed by atoms with Crippen molar-refractivity contribution in [3.05, 3.63) is 48.5 Å². The molecule has 0 aliphatic carbocycles. The molecule has 0 saturated carbocycles. The molecule has 0 N–H and O–H groups in total. The molecule has 1 aromatic carbocycles. The van der Waals surface area contributed by atoms with Crippen molar-refractivity contribution in [2.45, 2.75) is 26.2 Å². The van der Waals surface area contributed by atoms with Gasteiger partial charge in [-0.1, -0.05) is 31.5 Å². The Hall–Kier alpha value is -1.90. The van der Waals surface area contributed by atoms with Crippen LogP contribution in [0.5, 0.6) is 0 Å². The number of unbranched alkanes of at least 4 members (excludes halogenated alkanes) is 1. The lowest BCUT2D eigenvalue weighted by molar-refractivity contribution is 0.0968. The monoisotopic (exact) mass is 228 g/mol. The van der Waals surface area contributed by atoms with E-state index in [0.29, 0.717) is 12.2 Å². The standard InChI is InChI=1S/C14H16N2O/c1-2-3-9-13(17)14-15-10-11-16(14)12-7-5-4-6-8-12/h4-8,10-11H,2-3,9H2,1H3. The molecule has 2 rings (SSSR count). The maximum absolute atomic E-state index is 12.0. The summed E-state index contributed by atoms with van der Waals surface area (Å²) in [4.78, 5) is 16.1. The summed E-state index contributed by atoms with van der Waals surface area (Å²) in [7, 11) is 0. The van der Waals surface area contributed by atoms with Gasteiger partial charge in [-0.15, -0.1) is 0 Å². The minimum absolute atomic E-state index is 0.112. The molecule has 0 radical (unpaired) electrons. The maximum Gasteiger partial charge on any atom is 0.198 e. The smallest absolute Gasteiger partial charge is 0.198 e. The normalized spacial score (nSPS) is 10.4. The van der Waals surface area contributed by atoms with Gasteiger partial charge in [0, 0.05) is 24.5 Å². The molecule has 0 unspecified atom stereocenters. The van der Waals surface area contributed by atoms with Crippen molar-refractivity contribution in [2.24, 2.45) is 0 Å².